The van der Waals surface area contributed by atoms with E-state index in [0.717, 1.165) is 5.56 Å². The number of hydrogen-bond donors (Lipinski definition) is 2. The van der Waals surface area contributed by atoms with Gasteiger partial charge in [-0.1, -0.05) is 32.0 Å². The molecule has 2 N–H and O–H groups in total. The quantitative estimate of drug-likeness (QED) is 0.816. The summed E-state index contributed by atoms with van der Waals surface area (Å²) in [5, 5.41) is 13.9. The van der Waals surface area contributed by atoms with Crippen LogP contribution >= 0.6 is 11.3 Å². The van der Waals surface area contributed by atoms with Crippen molar-refractivity contribution in [3.05, 3.63) is 57.8 Å². The Morgan fingerprint density at radius 1 is 1.17 bits per heavy atom. The Hall–Kier alpha value is -2.14. The third kappa shape index (κ3) is 4.93. The minimum Gasteiger partial charge on any atom is -0.478 e. The number of thiophene rings is 1. The Morgan fingerprint density at radius 3 is 2.43 bits per heavy atom. The van der Waals surface area contributed by atoms with Crippen LogP contribution in [0.2, 0.25) is 0 Å². The second-order valence-electron chi connectivity index (χ2n) is 6.14. The fraction of sp³-hybridized carbons (Fsp3) is 0.333. The largest absolute Gasteiger partial charge is 0.478 e. The number of carboxylic acids is 1. The van der Waals surface area contributed by atoms with Gasteiger partial charge in [-0.2, -0.15) is 0 Å². The molecule has 1 aromatic carbocycles. The van der Waals surface area contributed by atoms with Crippen molar-refractivity contribution in [2.24, 2.45) is 0 Å². The van der Waals surface area contributed by atoms with Crippen molar-refractivity contribution >= 4 is 23.2 Å². The highest BCUT2D eigenvalue weighted by Gasteiger charge is 2.22. The van der Waals surface area contributed by atoms with Crippen LogP contribution in [0.1, 0.15) is 41.1 Å². The molecule has 1 heterocycles. The second-order valence-corrected chi connectivity index (χ2v) is 7.09. The van der Waals surface area contributed by atoms with E-state index in [0.29, 0.717) is 19.4 Å². The summed E-state index contributed by atoms with van der Waals surface area (Å²) < 4.78 is 0. The minimum atomic E-state index is -0.940. The van der Waals surface area contributed by atoms with Crippen LogP contribution in [-0.2, 0) is 16.6 Å². The second kappa shape index (κ2) is 7.42. The lowest BCUT2D eigenvalue weighted by Crippen LogP contribution is -2.36. The van der Waals surface area contributed by atoms with Gasteiger partial charge in [-0.15, -0.1) is 11.3 Å². The van der Waals surface area contributed by atoms with E-state index in [-0.39, 0.29) is 16.9 Å². The average Bonchev–Trinajstić information content (AvgIpc) is 3.06. The van der Waals surface area contributed by atoms with E-state index in [2.05, 4.69) is 25.2 Å². The van der Waals surface area contributed by atoms with Gasteiger partial charge in [0, 0.05) is 23.3 Å². The molecule has 0 saturated heterocycles. The number of carboxylic acid groups (broad SMARTS) is 1. The lowest BCUT2D eigenvalue weighted by Gasteiger charge is -2.23. The van der Waals surface area contributed by atoms with Gasteiger partial charge in [-0.3, -0.25) is 4.79 Å². The zero-order valence-corrected chi connectivity index (χ0v) is 14.2. The monoisotopic (exact) mass is 331 g/mol. The first-order valence-corrected chi connectivity index (χ1v) is 8.39. The average molecular weight is 331 g/mol. The molecule has 0 spiro atoms. The van der Waals surface area contributed by atoms with Gasteiger partial charge in [-0.25, -0.2) is 4.79 Å². The molecule has 2 aromatic rings. The number of amides is 1. The maximum absolute atomic E-state index is 12.0. The number of benzene rings is 1. The van der Waals surface area contributed by atoms with E-state index in [1.807, 2.05) is 11.4 Å². The minimum absolute atomic E-state index is 0.0111. The number of carbonyl (C=O) groups excluding carboxylic acids is 1. The number of nitrogens with one attached hydrogen (secondary N) is 1. The summed E-state index contributed by atoms with van der Waals surface area (Å²) in [6.07, 6.45) is 0.998. The van der Waals surface area contributed by atoms with E-state index >= 15 is 0 Å². The van der Waals surface area contributed by atoms with Gasteiger partial charge in [0.05, 0.1) is 5.56 Å². The van der Waals surface area contributed by atoms with E-state index in [9.17, 15) is 9.59 Å². The van der Waals surface area contributed by atoms with Crippen molar-refractivity contribution in [1.82, 2.24) is 5.32 Å². The smallest absolute Gasteiger partial charge is 0.335 e. The Bertz CT molecular complexity index is 660. The van der Waals surface area contributed by atoms with Crippen LogP contribution in [-0.4, -0.2) is 23.5 Å². The molecule has 0 bridgehead atoms. The van der Waals surface area contributed by atoms with Crippen molar-refractivity contribution in [3.8, 4) is 0 Å². The molecule has 0 unspecified atom stereocenters. The number of aromatic carboxylic acids is 1. The van der Waals surface area contributed by atoms with Crippen LogP contribution < -0.4 is 5.32 Å². The fourth-order valence-electron chi connectivity index (χ4n) is 2.23. The SMILES string of the molecule is CC(C)(CNC(=O)CCc1ccc(C(=O)O)cc1)c1cccs1. The highest BCUT2D eigenvalue weighted by Crippen LogP contribution is 2.26. The van der Waals surface area contributed by atoms with E-state index in [1.54, 1.807) is 35.6 Å². The topological polar surface area (TPSA) is 66.4 Å². The summed E-state index contributed by atoms with van der Waals surface area (Å²) in [7, 11) is 0. The lowest BCUT2D eigenvalue weighted by molar-refractivity contribution is -0.121. The number of carbonyl (C=O) groups is 2. The van der Waals surface area contributed by atoms with Crippen molar-refractivity contribution in [1.29, 1.82) is 0 Å². The zero-order valence-electron chi connectivity index (χ0n) is 13.3. The molecule has 122 valence electrons. The Balaban J connectivity index is 1.80. The van der Waals surface area contributed by atoms with Gasteiger partial charge in [0.25, 0.3) is 0 Å². The maximum atomic E-state index is 12.0. The third-order valence-corrected chi connectivity index (χ3v) is 4.99. The highest BCUT2D eigenvalue weighted by molar-refractivity contribution is 7.10. The first-order chi connectivity index (χ1) is 10.9. The molecule has 5 heteroatoms. The van der Waals surface area contributed by atoms with Crippen molar-refractivity contribution in [3.63, 3.8) is 0 Å². The maximum Gasteiger partial charge on any atom is 0.335 e. The van der Waals surface area contributed by atoms with Crippen molar-refractivity contribution in [2.75, 3.05) is 6.54 Å². The van der Waals surface area contributed by atoms with E-state index < -0.39 is 5.97 Å². The molecule has 1 amide bonds. The summed E-state index contributed by atoms with van der Waals surface area (Å²) >= 11 is 1.70. The van der Waals surface area contributed by atoms with Gasteiger partial charge in [0.1, 0.15) is 0 Å². The Kier molecular flexibility index (Phi) is 5.55. The molecule has 0 aliphatic heterocycles. The highest BCUT2D eigenvalue weighted by atomic mass is 32.1. The number of hydrogen-bond acceptors (Lipinski definition) is 3. The third-order valence-electron chi connectivity index (χ3n) is 3.76. The molecule has 2 rings (SSSR count). The van der Waals surface area contributed by atoms with Crippen molar-refractivity contribution in [2.45, 2.75) is 32.1 Å². The Morgan fingerprint density at radius 2 is 1.87 bits per heavy atom. The molecule has 0 saturated carbocycles. The molecule has 0 radical (unpaired) electrons. The zero-order chi connectivity index (χ0) is 16.9. The molecule has 0 aliphatic carbocycles. The number of aryl methyl sites for hydroxylation is 1. The fourth-order valence-corrected chi connectivity index (χ4v) is 3.08. The molecule has 4 nitrogen and oxygen atoms in total. The summed E-state index contributed by atoms with van der Waals surface area (Å²) in [5.74, 6) is -0.929. The van der Waals surface area contributed by atoms with E-state index in [1.165, 1.54) is 4.88 Å². The van der Waals surface area contributed by atoms with Crippen LogP contribution in [0.4, 0.5) is 0 Å². The molecule has 0 fully saturated rings. The van der Waals surface area contributed by atoms with Crippen LogP contribution in [0.5, 0.6) is 0 Å². The van der Waals surface area contributed by atoms with Gasteiger partial charge in [0.2, 0.25) is 5.91 Å². The van der Waals surface area contributed by atoms with Gasteiger partial charge in [0.15, 0.2) is 0 Å². The van der Waals surface area contributed by atoms with E-state index in [4.69, 9.17) is 5.11 Å². The Labute approximate surface area is 140 Å². The molecule has 0 aliphatic rings. The molecule has 0 atom stereocenters. The standard InChI is InChI=1S/C18H21NO3S/c1-18(2,15-4-3-11-23-15)12-19-16(20)10-7-13-5-8-14(9-6-13)17(21)22/h3-6,8-9,11H,7,10,12H2,1-2H3,(H,19,20)(H,21,22). The van der Waals surface area contributed by atoms with Crippen LogP contribution in [0.25, 0.3) is 0 Å². The molecular weight excluding hydrogens is 310 g/mol. The summed E-state index contributed by atoms with van der Waals surface area (Å²) in [6, 6.07) is 10.7. The van der Waals surface area contributed by atoms with Gasteiger partial charge in [-0.05, 0) is 35.6 Å². The first-order valence-electron chi connectivity index (χ1n) is 7.51. The molecule has 1 aromatic heterocycles. The summed E-state index contributed by atoms with van der Waals surface area (Å²) in [4.78, 5) is 24.0. The predicted molar refractivity (Wildman–Crippen MR) is 92.1 cm³/mol. The normalized spacial score (nSPS) is 11.2. The predicted octanol–water partition coefficient (Wildman–Crippen LogP) is 3.47. The lowest BCUT2D eigenvalue weighted by atomic mass is 9.91. The summed E-state index contributed by atoms with van der Waals surface area (Å²) in [5.41, 5.74) is 1.14. The molecule has 23 heavy (non-hydrogen) atoms. The molecular formula is C18H21NO3S. The van der Waals surface area contributed by atoms with Crippen LogP contribution in [0, 0.1) is 0 Å². The van der Waals surface area contributed by atoms with Gasteiger partial charge < -0.3 is 10.4 Å². The van der Waals surface area contributed by atoms with Crippen molar-refractivity contribution < 1.29 is 14.7 Å². The number of rotatable bonds is 7. The van der Waals surface area contributed by atoms with Gasteiger partial charge >= 0.3 is 5.97 Å². The van der Waals surface area contributed by atoms with Crippen LogP contribution in [0.3, 0.4) is 0 Å². The van der Waals surface area contributed by atoms with Crippen LogP contribution in [0.15, 0.2) is 41.8 Å². The first kappa shape index (κ1) is 17.2. The summed E-state index contributed by atoms with van der Waals surface area (Å²) in [6.45, 7) is 4.83.